The van der Waals surface area contributed by atoms with E-state index in [1.807, 2.05) is 0 Å². The second-order valence-electron chi connectivity index (χ2n) is 6.00. The number of rotatable bonds is 4. The van der Waals surface area contributed by atoms with E-state index in [0.717, 1.165) is 0 Å². The van der Waals surface area contributed by atoms with E-state index < -0.39 is 11.7 Å². The Labute approximate surface area is 140 Å². The summed E-state index contributed by atoms with van der Waals surface area (Å²) in [5.74, 6) is -0.393. The Bertz CT molecular complexity index is 908. The number of aromatic amines is 1. The van der Waals surface area contributed by atoms with E-state index in [2.05, 4.69) is 24.8 Å². The molecule has 0 spiro atoms. The molecular formula is C16H13F2N3O4. The van der Waals surface area contributed by atoms with Crippen LogP contribution in [0.1, 0.15) is 24.1 Å². The van der Waals surface area contributed by atoms with Crippen molar-refractivity contribution in [2.75, 3.05) is 0 Å². The summed E-state index contributed by atoms with van der Waals surface area (Å²) < 4.78 is 35.1. The third-order valence-corrected chi connectivity index (χ3v) is 4.30. The van der Waals surface area contributed by atoms with Crippen molar-refractivity contribution in [3.8, 4) is 11.5 Å². The number of aromatic nitrogens is 2. The lowest BCUT2D eigenvalue weighted by Gasteiger charge is -2.16. The van der Waals surface area contributed by atoms with Crippen LogP contribution < -0.4 is 20.3 Å². The lowest BCUT2D eigenvalue weighted by atomic mass is 9.94. The first-order chi connectivity index (χ1) is 11.9. The van der Waals surface area contributed by atoms with Crippen LogP contribution >= 0.6 is 0 Å². The maximum atomic E-state index is 13.1. The van der Waals surface area contributed by atoms with Crippen molar-refractivity contribution >= 4 is 5.91 Å². The van der Waals surface area contributed by atoms with Gasteiger partial charge in [-0.15, -0.1) is 8.78 Å². The van der Waals surface area contributed by atoms with Crippen molar-refractivity contribution in [3.05, 3.63) is 52.2 Å². The summed E-state index contributed by atoms with van der Waals surface area (Å²) in [6.45, 7) is 0.104. The zero-order chi connectivity index (χ0) is 17.7. The number of nitrogens with zero attached hydrogens (tertiary/aromatic N) is 1. The molecule has 1 fully saturated rings. The average molecular weight is 349 g/mol. The zero-order valence-corrected chi connectivity index (χ0v) is 12.8. The molecule has 1 amide bonds. The SMILES string of the molecule is O=C(NCc1cc(=O)[nH]cn1)C1(c2ccc3c(c2)OC(F)(F)O3)CC1. The molecule has 25 heavy (non-hydrogen) atoms. The second-order valence-corrected chi connectivity index (χ2v) is 6.00. The van der Waals surface area contributed by atoms with E-state index in [1.165, 1.54) is 24.5 Å². The number of hydrogen-bond donors (Lipinski definition) is 2. The summed E-state index contributed by atoms with van der Waals surface area (Å²) in [6, 6.07) is 5.66. The van der Waals surface area contributed by atoms with Crippen LogP contribution in [-0.2, 0) is 16.8 Å². The van der Waals surface area contributed by atoms with Gasteiger partial charge in [-0.3, -0.25) is 9.59 Å². The van der Waals surface area contributed by atoms with Gasteiger partial charge in [0.25, 0.3) is 5.56 Å². The molecule has 2 N–H and O–H groups in total. The number of hydrogen-bond acceptors (Lipinski definition) is 5. The second kappa shape index (κ2) is 5.27. The number of alkyl halides is 2. The Hall–Kier alpha value is -2.97. The number of H-pyrrole nitrogens is 1. The molecule has 0 bridgehead atoms. The highest BCUT2D eigenvalue weighted by molar-refractivity contribution is 5.91. The molecule has 1 aromatic heterocycles. The van der Waals surface area contributed by atoms with E-state index in [0.29, 0.717) is 24.1 Å². The number of amides is 1. The highest BCUT2D eigenvalue weighted by Gasteiger charge is 2.52. The largest absolute Gasteiger partial charge is 0.586 e. The molecule has 1 aliphatic heterocycles. The molecule has 2 aliphatic rings. The number of benzene rings is 1. The molecule has 2 heterocycles. The Morgan fingerprint density at radius 1 is 1.24 bits per heavy atom. The van der Waals surface area contributed by atoms with E-state index in [1.54, 1.807) is 6.07 Å². The van der Waals surface area contributed by atoms with Crippen molar-refractivity contribution in [2.24, 2.45) is 0 Å². The van der Waals surface area contributed by atoms with Crippen LogP contribution in [0.2, 0.25) is 0 Å². The molecule has 1 aromatic carbocycles. The third-order valence-electron chi connectivity index (χ3n) is 4.30. The van der Waals surface area contributed by atoms with Gasteiger partial charge in [-0.1, -0.05) is 6.07 Å². The molecule has 0 saturated heterocycles. The van der Waals surface area contributed by atoms with Crippen LogP contribution in [0.5, 0.6) is 11.5 Å². The maximum absolute atomic E-state index is 13.1. The van der Waals surface area contributed by atoms with Crippen molar-refractivity contribution in [3.63, 3.8) is 0 Å². The summed E-state index contributed by atoms with van der Waals surface area (Å²) in [6.07, 6.45) is -1.24. The minimum atomic E-state index is -3.69. The molecule has 1 aliphatic carbocycles. The van der Waals surface area contributed by atoms with Crippen LogP contribution in [0.25, 0.3) is 0 Å². The first kappa shape index (κ1) is 15.6. The number of carbonyl (C=O) groups is 1. The van der Waals surface area contributed by atoms with Gasteiger partial charge in [0.1, 0.15) is 0 Å². The molecule has 0 atom stereocenters. The minimum Gasteiger partial charge on any atom is -0.395 e. The first-order valence-corrected chi connectivity index (χ1v) is 7.60. The minimum absolute atomic E-state index is 0.0577. The van der Waals surface area contributed by atoms with Gasteiger partial charge in [0.2, 0.25) is 5.91 Å². The maximum Gasteiger partial charge on any atom is 0.586 e. The van der Waals surface area contributed by atoms with Gasteiger partial charge < -0.3 is 19.8 Å². The normalized spacial score (nSPS) is 18.6. The number of halogens is 2. The predicted molar refractivity (Wildman–Crippen MR) is 80.3 cm³/mol. The highest BCUT2D eigenvalue weighted by Crippen LogP contribution is 2.51. The quantitative estimate of drug-likeness (QED) is 0.871. The molecular weight excluding hydrogens is 336 g/mol. The van der Waals surface area contributed by atoms with Gasteiger partial charge >= 0.3 is 6.29 Å². The van der Waals surface area contributed by atoms with Crippen LogP contribution in [0, 0.1) is 0 Å². The fourth-order valence-electron chi connectivity index (χ4n) is 2.86. The standard InChI is InChI=1S/C16H13F2N3O4/c17-16(18)24-11-2-1-9(5-12(11)25-16)15(3-4-15)14(23)19-7-10-6-13(22)21-8-20-10/h1-2,5-6,8H,3-4,7H2,(H,19,23)(H,20,21,22). The van der Waals surface area contributed by atoms with Gasteiger partial charge in [-0.25, -0.2) is 4.98 Å². The van der Waals surface area contributed by atoms with Crippen molar-refractivity contribution in [2.45, 2.75) is 31.1 Å². The molecule has 7 nitrogen and oxygen atoms in total. The predicted octanol–water partition coefficient (Wildman–Crippen LogP) is 1.44. The number of fused-ring (bicyclic) bond motifs is 1. The Morgan fingerprint density at radius 3 is 2.72 bits per heavy atom. The van der Waals surface area contributed by atoms with E-state index >= 15 is 0 Å². The molecule has 0 radical (unpaired) electrons. The summed E-state index contributed by atoms with van der Waals surface area (Å²) in [5.41, 5.74) is -0.0727. The molecule has 9 heteroatoms. The van der Waals surface area contributed by atoms with E-state index in [4.69, 9.17) is 0 Å². The van der Waals surface area contributed by atoms with Gasteiger partial charge in [0.15, 0.2) is 11.5 Å². The van der Waals surface area contributed by atoms with Crippen LogP contribution in [0.4, 0.5) is 8.78 Å². The summed E-state index contributed by atoms with van der Waals surface area (Å²) in [4.78, 5) is 30.2. The first-order valence-electron chi connectivity index (χ1n) is 7.60. The highest BCUT2D eigenvalue weighted by atomic mass is 19.3. The van der Waals surface area contributed by atoms with Crippen molar-refractivity contribution in [1.29, 1.82) is 0 Å². The van der Waals surface area contributed by atoms with E-state index in [9.17, 15) is 18.4 Å². The van der Waals surface area contributed by atoms with Crippen molar-refractivity contribution < 1.29 is 23.0 Å². The van der Waals surface area contributed by atoms with Crippen LogP contribution in [0.3, 0.4) is 0 Å². The summed E-state index contributed by atoms with van der Waals surface area (Å²) in [5, 5.41) is 2.74. The fraction of sp³-hybridized carbons (Fsp3) is 0.312. The molecule has 130 valence electrons. The topological polar surface area (TPSA) is 93.3 Å². The van der Waals surface area contributed by atoms with Crippen molar-refractivity contribution in [1.82, 2.24) is 15.3 Å². The Balaban J connectivity index is 1.51. The average Bonchev–Trinajstić information content (AvgIpc) is 3.30. The van der Waals surface area contributed by atoms with Gasteiger partial charge in [0.05, 0.1) is 24.0 Å². The Morgan fingerprint density at radius 2 is 2.00 bits per heavy atom. The van der Waals surface area contributed by atoms with Crippen LogP contribution in [-0.4, -0.2) is 22.2 Å². The Kier molecular flexibility index (Phi) is 3.28. The summed E-state index contributed by atoms with van der Waals surface area (Å²) in [7, 11) is 0. The molecule has 0 unspecified atom stereocenters. The van der Waals surface area contributed by atoms with Gasteiger partial charge in [-0.05, 0) is 30.5 Å². The third kappa shape index (κ3) is 2.81. The molecule has 4 rings (SSSR count). The number of ether oxygens (including phenoxy) is 2. The van der Waals surface area contributed by atoms with Gasteiger partial charge in [0, 0.05) is 6.07 Å². The smallest absolute Gasteiger partial charge is 0.395 e. The monoisotopic (exact) mass is 349 g/mol. The van der Waals surface area contributed by atoms with E-state index in [-0.39, 0.29) is 29.5 Å². The lowest BCUT2D eigenvalue weighted by Crippen LogP contribution is -2.34. The zero-order valence-electron chi connectivity index (χ0n) is 12.8. The molecule has 1 saturated carbocycles. The fourth-order valence-corrected chi connectivity index (χ4v) is 2.86. The number of carbonyl (C=O) groups excluding carboxylic acids is 1. The number of nitrogens with one attached hydrogen (secondary N) is 2. The lowest BCUT2D eigenvalue weighted by molar-refractivity contribution is -0.286. The van der Waals surface area contributed by atoms with Crippen LogP contribution in [0.15, 0.2) is 35.4 Å². The summed E-state index contributed by atoms with van der Waals surface area (Å²) >= 11 is 0. The molecule has 2 aromatic rings. The van der Waals surface area contributed by atoms with Gasteiger partial charge in [-0.2, -0.15) is 0 Å².